The lowest BCUT2D eigenvalue weighted by Gasteiger charge is -2.25. The van der Waals surface area contributed by atoms with Crippen LogP contribution >= 0.6 is 0 Å². The number of rotatable bonds is 2. The summed E-state index contributed by atoms with van der Waals surface area (Å²) in [5, 5.41) is 9.21. The topological polar surface area (TPSA) is 94.6 Å². The van der Waals surface area contributed by atoms with Gasteiger partial charge in [0, 0.05) is 36.4 Å². The van der Waals surface area contributed by atoms with Gasteiger partial charge in [-0.25, -0.2) is 9.78 Å². The summed E-state index contributed by atoms with van der Waals surface area (Å²) in [4.78, 5) is 27.5. The van der Waals surface area contributed by atoms with E-state index in [1.807, 2.05) is 10.6 Å². The summed E-state index contributed by atoms with van der Waals surface area (Å²) in [6.45, 7) is 7.73. The number of aromatic nitrogens is 2. The van der Waals surface area contributed by atoms with Crippen LogP contribution in [0.5, 0.6) is 5.75 Å². The third-order valence-corrected chi connectivity index (χ3v) is 5.03. The van der Waals surface area contributed by atoms with E-state index in [9.17, 15) is 14.7 Å². The standard InChI is InChI=1S/C19H14N2O5.C4H10/c22-16-6-15-12-5-13(17-7-20-9-26-17)18-11(2-4-25-18)10(12)1-3-21(15)8-14(16)19(23)24;1-4(2)3/h5-9H,1-4H2,(H,23,24);4H,1-3H3. The van der Waals surface area contributed by atoms with Crippen molar-refractivity contribution in [2.75, 3.05) is 6.61 Å². The van der Waals surface area contributed by atoms with Gasteiger partial charge >= 0.3 is 5.97 Å². The van der Waals surface area contributed by atoms with Crippen LogP contribution in [0.3, 0.4) is 0 Å². The van der Waals surface area contributed by atoms with E-state index in [0.717, 1.165) is 52.5 Å². The van der Waals surface area contributed by atoms with Crippen LogP contribution < -0.4 is 10.2 Å². The van der Waals surface area contributed by atoms with Crippen LogP contribution in [0.2, 0.25) is 0 Å². The van der Waals surface area contributed by atoms with Crippen LogP contribution in [-0.2, 0) is 19.4 Å². The zero-order chi connectivity index (χ0) is 21.4. The number of nitrogens with zero attached hydrogens (tertiary/aromatic N) is 2. The minimum Gasteiger partial charge on any atom is -0.492 e. The number of carboxylic acids is 1. The number of aromatic carboxylic acids is 1. The van der Waals surface area contributed by atoms with E-state index >= 15 is 0 Å². The van der Waals surface area contributed by atoms with Crippen LogP contribution in [0, 0.1) is 5.92 Å². The largest absolute Gasteiger partial charge is 0.492 e. The number of benzene rings is 1. The van der Waals surface area contributed by atoms with Crippen molar-refractivity contribution in [2.45, 2.75) is 40.2 Å². The summed E-state index contributed by atoms with van der Waals surface area (Å²) in [6, 6.07) is 3.36. The van der Waals surface area contributed by atoms with E-state index in [0.29, 0.717) is 18.9 Å². The van der Waals surface area contributed by atoms with E-state index in [1.165, 1.54) is 18.7 Å². The summed E-state index contributed by atoms with van der Waals surface area (Å²) < 4.78 is 13.1. The van der Waals surface area contributed by atoms with Crippen molar-refractivity contribution in [3.8, 4) is 28.3 Å². The van der Waals surface area contributed by atoms with Gasteiger partial charge in [-0.3, -0.25) is 4.79 Å². The predicted molar refractivity (Wildman–Crippen MR) is 112 cm³/mol. The molecule has 1 aromatic carbocycles. The zero-order valence-electron chi connectivity index (χ0n) is 17.3. The minimum atomic E-state index is -1.21. The third-order valence-electron chi connectivity index (χ3n) is 5.03. The summed E-state index contributed by atoms with van der Waals surface area (Å²) in [7, 11) is 0. The van der Waals surface area contributed by atoms with E-state index in [2.05, 4.69) is 25.8 Å². The zero-order valence-corrected chi connectivity index (χ0v) is 17.3. The molecule has 5 rings (SSSR count). The number of carbonyl (C=O) groups is 1. The van der Waals surface area contributed by atoms with Crippen molar-refractivity contribution in [1.29, 1.82) is 0 Å². The number of oxazole rings is 1. The fourth-order valence-corrected chi connectivity index (χ4v) is 3.87. The Kier molecular flexibility index (Phi) is 5.20. The molecule has 0 radical (unpaired) electrons. The van der Waals surface area contributed by atoms with Crippen molar-refractivity contribution in [3.63, 3.8) is 0 Å². The number of fused-ring (bicyclic) bond motifs is 5. The molecule has 7 nitrogen and oxygen atoms in total. The van der Waals surface area contributed by atoms with Gasteiger partial charge < -0.3 is 18.8 Å². The lowest BCUT2D eigenvalue weighted by atomic mass is 9.88. The first-order valence-electron chi connectivity index (χ1n) is 10.1. The second-order valence-corrected chi connectivity index (χ2v) is 8.14. The van der Waals surface area contributed by atoms with Gasteiger partial charge in [0.05, 0.1) is 24.1 Å². The number of carboxylic acid groups (broad SMARTS) is 1. The first-order chi connectivity index (χ1) is 14.4. The summed E-state index contributed by atoms with van der Waals surface area (Å²) >= 11 is 0. The Morgan fingerprint density at radius 3 is 2.60 bits per heavy atom. The molecule has 0 saturated carbocycles. The highest BCUT2D eigenvalue weighted by atomic mass is 16.5. The molecule has 7 heteroatoms. The van der Waals surface area contributed by atoms with Gasteiger partial charge in [0.15, 0.2) is 17.6 Å². The van der Waals surface area contributed by atoms with Crippen molar-refractivity contribution >= 4 is 5.97 Å². The molecular weight excluding hydrogens is 384 g/mol. The first kappa shape index (κ1) is 19.9. The molecule has 0 saturated heterocycles. The van der Waals surface area contributed by atoms with Gasteiger partial charge in [0.2, 0.25) is 0 Å². The fraction of sp³-hybridized carbons (Fsp3) is 0.348. The maximum Gasteiger partial charge on any atom is 0.341 e. The van der Waals surface area contributed by atoms with Crippen molar-refractivity contribution in [2.24, 2.45) is 5.92 Å². The molecule has 4 heterocycles. The van der Waals surface area contributed by atoms with Gasteiger partial charge in [0.1, 0.15) is 11.3 Å². The molecule has 0 bridgehead atoms. The van der Waals surface area contributed by atoms with E-state index in [1.54, 1.807) is 6.20 Å². The molecule has 2 aliphatic heterocycles. The van der Waals surface area contributed by atoms with E-state index < -0.39 is 11.4 Å². The normalized spacial score (nSPS) is 13.6. The maximum absolute atomic E-state index is 12.2. The Morgan fingerprint density at radius 1 is 1.17 bits per heavy atom. The first-order valence-corrected chi connectivity index (χ1v) is 10.1. The SMILES string of the molecule is CC(C)C.O=C(O)c1cn2c(cc1=O)-c1cc(-c3cnco3)c3c(c1CC2)CCO3. The molecule has 1 N–H and O–H groups in total. The van der Waals surface area contributed by atoms with Crippen LogP contribution in [0.1, 0.15) is 42.3 Å². The molecule has 0 aliphatic carbocycles. The van der Waals surface area contributed by atoms with Crippen LogP contribution in [0.15, 0.2) is 40.1 Å². The molecule has 0 fully saturated rings. The Balaban J connectivity index is 0.000000503. The number of aryl methyl sites for hydroxylation is 1. The monoisotopic (exact) mass is 408 g/mol. The lowest BCUT2D eigenvalue weighted by molar-refractivity contribution is 0.0694. The van der Waals surface area contributed by atoms with Gasteiger partial charge in [0.25, 0.3) is 0 Å². The Hall–Kier alpha value is -3.35. The average Bonchev–Trinajstić information content (AvgIpc) is 3.38. The number of ether oxygens (including phenoxy) is 1. The quantitative estimate of drug-likeness (QED) is 0.688. The fourth-order valence-electron chi connectivity index (χ4n) is 3.87. The van der Waals surface area contributed by atoms with Gasteiger partial charge in [-0.05, 0) is 24.0 Å². The molecule has 2 aliphatic rings. The van der Waals surface area contributed by atoms with Gasteiger partial charge in [-0.15, -0.1) is 0 Å². The van der Waals surface area contributed by atoms with Gasteiger partial charge in [-0.2, -0.15) is 0 Å². The maximum atomic E-state index is 12.2. The summed E-state index contributed by atoms with van der Waals surface area (Å²) in [5.41, 5.74) is 4.03. The summed E-state index contributed by atoms with van der Waals surface area (Å²) in [6.07, 6.45) is 5.99. The number of hydrogen-bond donors (Lipinski definition) is 1. The summed E-state index contributed by atoms with van der Waals surface area (Å²) in [5.74, 6) is 1.05. The second kappa shape index (κ2) is 7.82. The van der Waals surface area contributed by atoms with Crippen molar-refractivity contribution < 1.29 is 19.1 Å². The molecule has 2 aromatic heterocycles. The highest BCUT2D eigenvalue weighted by molar-refractivity contribution is 5.88. The highest BCUT2D eigenvalue weighted by Gasteiger charge is 2.29. The van der Waals surface area contributed by atoms with Crippen LogP contribution in [0.4, 0.5) is 0 Å². The molecule has 156 valence electrons. The molecule has 30 heavy (non-hydrogen) atoms. The van der Waals surface area contributed by atoms with Crippen LogP contribution in [0.25, 0.3) is 22.6 Å². The third kappa shape index (κ3) is 3.51. The molecule has 0 spiro atoms. The Labute approximate surface area is 173 Å². The molecule has 0 atom stereocenters. The number of hydrogen-bond acceptors (Lipinski definition) is 5. The van der Waals surface area contributed by atoms with Crippen molar-refractivity contribution in [1.82, 2.24) is 9.55 Å². The second-order valence-electron chi connectivity index (χ2n) is 8.14. The Morgan fingerprint density at radius 2 is 1.93 bits per heavy atom. The molecular formula is C23H24N2O5. The van der Waals surface area contributed by atoms with Crippen molar-refractivity contribution in [3.05, 3.63) is 57.8 Å². The molecule has 0 unspecified atom stereocenters. The number of pyridine rings is 1. The molecule has 3 aromatic rings. The average molecular weight is 408 g/mol. The van der Waals surface area contributed by atoms with Gasteiger partial charge in [-0.1, -0.05) is 20.8 Å². The van der Waals surface area contributed by atoms with E-state index in [4.69, 9.17) is 9.15 Å². The minimum absolute atomic E-state index is 0.211. The smallest absolute Gasteiger partial charge is 0.341 e. The molecule has 0 amide bonds. The van der Waals surface area contributed by atoms with E-state index in [-0.39, 0.29) is 5.56 Å². The lowest BCUT2D eigenvalue weighted by Crippen LogP contribution is -2.22. The predicted octanol–water partition coefficient (Wildman–Crippen LogP) is 4.02. The van der Waals surface area contributed by atoms with Crippen LogP contribution in [-0.4, -0.2) is 27.2 Å². The Bertz CT molecular complexity index is 1160. The highest BCUT2D eigenvalue weighted by Crippen LogP contribution is 2.45.